The van der Waals surface area contributed by atoms with Crippen molar-refractivity contribution in [2.45, 2.75) is 30.4 Å². The Morgan fingerprint density at radius 2 is 2.10 bits per heavy atom. The van der Waals surface area contributed by atoms with Gasteiger partial charge < -0.3 is 4.42 Å². The summed E-state index contributed by atoms with van der Waals surface area (Å²) < 4.78 is 6.01. The number of furan rings is 1. The van der Waals surface area contributed by atoms with Crippen LogP contribution < -0.4 is 11.3 Å². The molecule has 5 heteroatoms. The van der Waals surface area contributed by atoms with Gasteiger partial charge in [-0.05, 0) is 25.1 Å². The molecule has 1 aromatic heterocycles. The van der Waals surface area contributed by atoms with Crippen LogP contribution in [0.25, 0.3) is 11.0 Å². The number of fused-ring (bicyclic) bond motifs is 1. The highest BCUT2D eigenvalue weighted by molar-refractivity contribution is 8.07. The first-order valence-corrected chi connectivity index (χ1v) is 8.98. The predicted octanol–water partition coefficient (Wildman–Crippen LogP) is 3.48. The van der Waals surface area contributed by atoms with E-state index in [1.807, 2.05) is 29.6 Å². The lowest BCUT2D eigenvalue weighted by atomic mass is 10.1. The zero-order valence-electron chi connectivity index (χ0n) is 11.8. The molecule has 3 atom stereocenters. The maximum absolute atomic E-state index is 6.01. The Labute approximate surface area is 128 Å². The Morgan fingerprint density at radius 3 is 2.85 bits per heavy atom. The minimum Gasteiger partial charge on any atom is -0.459 e. The number of nitrogens with one attached hydrogen (secondary N) is 1. The minimum atomic E-state index is 0.0653. The normalized spacial score (nSPS) is 24.9. The third-order valence-corrected chi connectivity index (χ3v) is 6.94. The van der Waals surface area contributed by atoms with Crippen molar-refractivity contribution in [2.24, 2.45) is 5.84 Å². The molecule has 3 rings (SSSR count). The van der Waals surface area contributed by atoms with E-state index in [1.165, 1.54) is 17.1 Å². The number of hydrazine groups is 1. The second kappa shape index (κ2) is 6.02. The lowest BCUT2D eigenvalue weighted by molar-refractivity contribution is 0.424. The van der Waals surface area contributed by atoms with Gasteiger partial charge in [-0.1, -0.05) is 18.6 Å². The van der Waals surface area contributed by atoms with Crippen molar-refractivity contribution in [3.8, 4) is 0 Å². The summed E-state index contributed by atoms with van der Waals surface area (Å²) in [5.74, 6) is 9.16. The summed E-state index contributed by atoms with van der Waals surface area (Å²) in [4.78, 5) is 0. The van der Waals surface area contributed by atoms with Crippen LogP contribution >= 0.6 is 23.5 Å². The van der Waals surface area contributed by atoms with Crippen LogP contribution in [0, 0.1) is 6.92 Å². The van der Waals surface area contributed by atoms with Gasteiger partial charge in [0.25, 0.3) is 0 Å². The summed E-state index contributed by atoms with van der Waals surface area (Å²) in [5.41, 5.74) is 5.15. The first-order valence-electron chi connectivity index (χ1n) is 6.88. The Bertz CT molecular complexity index is 599. The van der Waals surface area contributed by atoms with Crippen molar-refractivity contribution in [3.63, 3.8) is 0 Å². The highest BCUT2D eigenvalue weighted by Crippen LogP contribution is 2.39. The van der Waals surface area contributed by atoms with E-state index in [1.54, 1.807) is 0 Å². The van der Waals surface area contributed by atoms with Gasteiger partial charge in [-0.25, -0.2) is 5.43 Å². The number of hydrogen-bond donors (Lipinski definition) is 2. The average Bonchev–Trinajstić information content (AvgIpc) is 2.84. The Kier molecular flexibility index (Phi) is 4.31. The number of nitrogens with two attached hydrogens (primary N) is 1. The molecule has 1 saturated heterocycles. The molecule has 1 aliphatic rings. The maximum atomic E-state index is 6.01. The second-order valence-electron chi connectivity index (χ2n) is 5.25. The van der Waals surface area contributed by atoms with Crippen LogP contribution in [0.4, 0.5) is 0 Å². The van der Waals surface area contributed by atoms with Crippen LogP contribution in [0.2, 0.25) is 0 Å². The molecule has 3 nitrogen and oxygen atoms in total. The fourth-order valence-electron chi connectivity index (χ4n) is 2.69. The van der Waals surface area contributed by atoms with E-state index in [0.29, 0.717) is 10.5 Å². The molecular formula is C15H20N2OS2. The molecule has 1 aliphatic heterocycles. The molecule has 0 saturated carbocycles. The van der Waals surface area contributed by atoms with Crippen molar-refractivity contribution in [3.05, 3.63) is 35.6 Å². The maximum Gasteiger partial charge on any atom is 0.134 e. The molecule has 0 spiro atoms. The molecule has 2 heterocycles. The molecule has 20 heavy (non-hydrogen) atoms. The van der Waals surface area contributed by atoms with E-state index in [0.717, 1.165) is 16.7 Å². The number of aryl methyl sites for hydroxylation is 1. The molecule has 0 radical (unpaired) electrons. The van der Waals surface area contributed by atoms with E-state index in [2.05, 4.69) is 37.5 Å². The molecule has 1 aromatic carbocycles. The summed E-state index contributed by atoms with van der Waals surface area (Å²) in [6.45, 7) is 4.37. The topological polar surface area (TPSA) is 51.2 Å². The van der Waals surface area contributed by atoms with Gasteiger partial charge in [-0.2, -0.15) is 23.5 Å². The van der Waals surface area contributed by atoms with E-state index < -0.39 is 0 Å². The summed E-state index contributed by atoms with van der Waals surface area (Å²) in [5, 5.41) is 2.17. The fourth-order valence-corrected chi connectivity index (χ4v) is 5.60. The quantitative estimate of drug-likeness (QED) is 0.671. The monoisotopic (exact) mass is 308 g/mol. The Balaban J connectivity index is 1.94. The van der Waals surface area contributed by atoms with Gasteiger partial charge in [-0.15, -0.1) is 0 Å². The Morgan fingerprint density at radius 1 is 1.30 bits per heavy atom. The van der Waals surface area contributed by atoms with Gasteiger partial charge in [0.2, 0.25) is 0 Å². The standard InChI is InChI=1S/C15H20N2OS2/c1-9-3-4-12-11(7-9)8-13(18-12)14(17-16)15-10(2)19-5-6-20-15/h3-4,7-8,10,14-15,17H,5-6,16H2,1-2H3. The fraction of sp³-hybridized carbons (Fsp3) is 0.467. The van der Waals surface area contributed by atoms with Crippen LogP contribution in [0.5, 0.6) is 0 Å². The third kappa shape index (κ3) is 2.72. The zero-order valence-corrected chi connectivity index (χ0v) is 13.4. The SMILES string of the molecule is Cc1ccc2oc(C(NN)C3SCCSC3C)cc2c1. The van der Waals surface area contributed by atoms with Crippen molar-refractivity contribution < 1.29 is 4.42 Å². The van der Waals surface area contributed by atoms with E-state index in [-0.39, 0.29) is 6.04 Å². The van der Waals surface area contributed by atoms with Crippen LogP contribution in [0.3, 0.4) is 0 Å². The lowest BCUT2D eigenvalue weighted by Gasteiger charge is -2.32. The van der Waals surface area contributed by atoms with Crippen molar-refractivity contribution in [1.29, 1.82) is 0 Å². The lowest BCUT2D eigenvalue weighted by Crippen LogP contribution is -2.40. The van der Waals surface area contributed by atoms with Gasteiger partial charge in [0, 0.05) is 27.4 Å². The molecule has 3 unspecified atom stereocenters. The van der Waals surface area contributed by atoms with Gasteiger partial charge >= 0.3 is 0 Å². The van der Waals surface area contributed by atoms with Crippen LogP contribution in [0.15, 0.2) is 28.7 Å². The molecule has 0 aliphatic carbocycles. The average molecular weight is 308 g/mol. The predicted molar refractivity (Wildman–Crippen MR) is 89.2 cm³/mol. The number of hydrogen-bond acceptors (Lipinski definition) is 5. The van der Waals surface area contributed by atoms with E-state index >= 15 is 0 Å². The van der Waals surface area contributed by atoms with Crippen LogP contribution in [-0.4, -0.2) is 22.0 Å². The number of rotatable bonds is 3. The van der Waals surface area contributed by atoms with Crippen molar-refractivity contribution in [2.75, 3.05) is 11.5 Å². The summed E-state index contributed by atoms with van der Waals surface area (Å²) >= 11 is 4.00. The van der Waals surface area contributed by atoms with Gasteiger partial charge in [0.15, 0.2) is 0 Å². The van der Waals surface area contributed by atoms with Crippen molar-refractivity contribution >= 4 is 34.5 Å². The molecule has 0 amide bonds. The van der Waals surface area contributed by atoms with E-state index in [9.17, 15) is 0 Å². The summed E-state index contributed by atoms with van der Waals surface area (Å²) in [7, 11) is 0. The first-order chi connectivity index (χ1) is 9.69. The number of benzene rings is 1. The summed E-state index contributed by atoms with van der Waals surface area (Å²) in [6, 6.07) is 8.46. The smallest absolute Gasteiger partial charge is 0.134 e. The molecule has 108 valence electrons. The largest absolute Gasteiger partial charge is 0.459 e. The Hall–Kier alpha value is -0.620. The van der Waals surface area contributed by atoms with Gasteiger partial charge in [0.05, 0.1) is 6.04 Å². The van der Waals surface area contributed by atoms with E-state index in [4.69, 9.17) is 10.3 Å². The molecular weight excluding hydrogens is 288 g/mol. The highest BCUT2D eigenvalue weighted by atomic mass is 32.2. The van der Waals surface area contributed by atoms with Gasteiger partial charge in [-0.3, -0.25) is 5.84 Å². The second-order valence-corrected chi connectivity index (χ2v) is 8.02. The highest BCUT2D eigenvalue weighted by Gasteiger charge is 2.32. The van der Waals surface area contributed by atoms with Crippen LogP contribution in [-0.2, 0) is 0 Å². The first kappa shape index (κ1) is 14.3. The van der Waals surface area contributed by atoms with Crippen LogP contribution in [0.1, 0.15) is 24.3 Å². The minimum absolute atomic E-state index is 0.0653. The molecule has 2 aromatic rings. The van der Waals surface area contributed by atoms with Gasteiger partial charge in [0.1, 0.15) is 11.3 Å². The third-order valence-electron chi connectivity index (χ3n) is 3.74. The summed E-state index contributed by atoms with van der Waals surface area (Å²) in [6.07, 6.45) is 0. The molecule has 1 fully saturated rings. The van der Waals surface area contributed by atoms with Crippen molar-refractivity contribution in [1.82, 2.24) is 5.43 Å². The molecule has 3 N–H and O–H groups in total. The number of thioether (sulfide) groups is 2. The zero-order chi connectivity index (χ0) is 14.1. The molecule has 0 bridgehead atoms.